The molecule has 28 heavy (non-hydrogen) atoms. The second kappa shape index (κ2) is 9.96. The van der Waals surface area contributed by atoms with Gasteiger partial charge >= 0.3 is 12.0 Å². The SMILES string of the molecule is Cc1ccccc1CNC(=O)NCC(NC(=O)c1c(Cl)cccc1Cl)C(=O)O. The summed E-state index contributed by atoms with van der Waals surface area (Å²) < 4.78 is 0. The minimum Gasteiger partial charge on any atom is -0.480 e. The molecule has 0 radical (unpaired) electrons. The van der Waals surface area contributed by atoms with Gasteiger partial charge in [0.1, 0.15) is 6.04 Å². The van der Waals surface area contributed by atoms with Gasteiger partial charge in [0, 0.05) is 6.54 Å². The first-order valence-electron chi connectivity index (χ1n) is 8.33. The highest BCUT2D eigenvalue weighted by atomic mass is 35.5. The molecular formula is C19H19Cl2N3O4. The minimum atomic E-state index is -1.36. The molecule has 0 saturated carbocycles. The van der Waals surface area contributed by atoms with E-state index in [1.54, 1.807) is 6.07 Å². The molecule has 0 heterocycles. The molecule has 2 aromatic rings. The van der Waals surface area contributed by atoms with Gasteiger partial charge < -0.3 is 21.1 Å². The van der Waals surface area contributed by atoms with Gasteiger partial charge in [0.2, 0.25) is 0 Å². The van der Waals surface area contributed by atoms with Gasteiger partial charge in [-0.15, -0.1) is 0 Å². The lowest BCUT2D eigenvalue weighted by atomic mass is 10.1. The van der Waals surface area contributed by atoms with Crippen molar-refractivity contribution in [3.63, 3.8) is 0 Å². The molecule has 2 aromatic carbocycles. The Labute approximate surface area is 172 Å². The number of hydrogen-bond acceptors (Lipinski definition) is 3. The molecule has 9 heteroatoms. The van der Waals surface area contributed by atoms with Gasteiger partial charge in [0.25, 0.3) is 5.91 Å². The van der Waals surface area contributed by atoms with Crippen LogP contribution >= 0.6 is 23.2 Å². The number of halogens is 2. The lowest BCUT2D eigenvalue weighted by molar-refractivity contribution is -0.139. The number of rotatable bonds is 7. The van der Waals surface area contributed by atoms with Crippen molar-refractivity contribution in [1.29, 1.82) is 0 Å². The number of aliphatic carboxylic acids is 1. The van der Waals surface area contributed by atoms with Crippen molar-refractivity contribution in [3.05, 3.63) is 69.2 Å². The van der Waals surface area contributed by atoms with E-state index >= 15 is 0 Å². The highest BCUT2D eigenvalue weighted by Gasteiger charge is 2.24. The van der Waals surface area contributed by atoms with Crippen molar-refractivity contribution in [2.75, 3.05) is 6.54 Å². The van der Waals surface area contributed by atoms with E-state index < -0.39 is 23.9 Å². The number of carboxylic acids is 1. The van der Waals surface area contributed by atoms with Gasteiger partial charge in [-0.05, 0) is 30.2 Å². The van der Waals surface area contributed by atoms with Crippen LogP contribution in [0.4, 0.5) is 4.79 Å². The number of urea groups is 1. The van der Waals surface area contributed by atoms with Crippen LogP contribution in [0.5, 0.6) is 0 Å². The Morgan fingerprint density at radius 2 is 1.64 bits per heavy atom. The average Bonchev–Trinajstić information content (AvgIpc) is 2.64. The van der Waals surface area contributed by atoms with Gasteiger partial charge in [0.15, 0.2) is 0 Å². The quantitative estimate of drug-likeness (QED) is 0.548. The minimum absolute atomic E-state index is 0.0268. The Balaban J connectivity index is 1.92. The third kappa shape index (κ3) is 5.87. The predicted octanol–water partition coefficient (Wildman–Crippen LogP) is 2.98. The summed E-state index contributed by atoms with van der Waals surface area (Å²) in [4.78, 5) is 35.7. The third-order valence-electron chi connectivity index (χ3n) is 3.96. The lowest BCUT2D eigenvalue weighted by Crippen LogP contribution is -2.50. The highest BCUT2D eigenvalue weighted by Crippen LogP contribution is 2.24. The first kappa shape index (κ1) is 21.5. The molecule has 148 valence electrons. The Hall–Kier alpha value is -2.77. The van der Waals surface area contributed by atoms with Gasteiger partial charge in [-0.3, -0.25) is 4.79 Å². The smallest absolute Gasteiger partial charge is 0.328 e. The van der Waals surface area contributed by atoms with Crippen molar-refractivity contribution in [2.24, 2.45) is 0 Å². The predicted molar refractivity (Wildman–Crippen MR) is 107 cm³/mol. The lowest BCUT2D eigenvalue weighted by Gasteiger charge is -2.17. The number of amides is 3. The highest BCUT2D eigenvalue weighted by molar-refractivity contribution is 6.39. The second-order valence-corrected chi connectivity index (χ2v) is 6.77. The van der Waals surface area contributed by atoms with Crippen LogP contribution in [0.1, 0.15) is 21.5 Å². The van der Waals surface area contributed by atoms with E-state index in [9.17, 15) is 19.5 Å². The van der Waals surface area contributed by atoms with Crippen LogP contribution in [0.2, 0.25) is 10.0 Å². The Morgan fingerprint density at radius 3 is 2.25 bits per heavy atom. The van der Waals surface area contributed by atoms with E-state index in [-0.39, 0.29) is 28.7 Å². The first-order valence-corrected chi connectivity index (χ1v) is 9.09. The Kier molecular flexibility index (Phi) is 7.66. The fraction of sp³-hybridized carbons (Fsp3) is 0.211. The normalized spacial score (nSPS) is 11.4. The van der Waals surface area contributed by atoms with E-state index in [0.717, 1.165) is 11.1 Å². The molecule has 3 amide bonds. The molecule has 0 aromatic heterocycles. The summed E-state index contributed by atoms with van der Waals surface area (Å²) in [7, 11) is 0. The zero-order chi connectivity index (χ0) is 20.7. The topological polar surface area (TPSA) is 108 Å². The summed E-state index contributed by atoms with van der Waals surface area (Å²) in [6.07, 6.45) is 0. The molecule has 0 aliphatic carbocycles. The van der Waals surface area contributed by atoms with Crippen LogP contribution in [0.15, 0.2) is 42.5 Å². The van der Waals surface area contributed by atoms with E-state index in [0.29, 0.717) is 0 Å². The van der Waals surface area contributed by atoms with Crippen LogP contribution < -0.4 is 16.0 Å². The second-order valence-electron chi connectivity index (χ2n) is 5.95. The zero-order valence-electron chi connectivity index (χ0n) is 15.0. The Bertz CT molecular complexity index is 869. The molecule has 2 rings (SSSR count). The molecule has 0 spiro atoms. The Morgan fingerprint density at radius 1 is 1.00 bits per heavy atom. The van der Waals surface area contributed by atoms with Crippen LogP contribution in [-0.4, -0.2) is 35.6 Å². The summed E-state index contributed by atoms with van der Waals surface area (Å²) in [5, 5.41) is 16.9. The van der Waals surface area contributed by atoms with E-state index in [2.05, 4.69) is 16.0 Å². The molecule has 4 N–H and O–H groups in total. The first-order chi connectivity index (χ1) is 13.3. The number of carboxylic acid groups (broad SMARTS) is 1. The molecule has 0 aliphatic rings. The number of carbonyl (C=O) groups excluding carboxylic acids is 2. The summed E-state index contributed by atoms with van der Waals surface area (Å²) >= 11 is 11.9. The van der Waals surface area contributed by atoms with Crippen molar-refractivity contribution >= 4 is 41.1 Å². The average molecular weight is 424 g/mol. The van der Waals surface area contributed by atoms with Gasteiger partial charge in [-0.1, -0.05) is 53.5 Å². The molecule has 0 saturated heterocycles. The molecule has 0 aliphatic heterocycles. The maximum atomic E-state index is 12.3. The van der Waals surface area contributed by atoms with Crippen LogP contribution in [0.3, 0.4) is 0 Å². The molecule has 0 bridgehead atoms. The van der Waals surface area contributed by atoms with Gasteiger partial charge in [0.05, 0.1) is 22.2 Å². The van der Waals surface area contributed by atoms with Crippen LogP contribution in [0, 0.1) is 6.92 Å². The fourth-order valence-electron chi connectivity index (χ4n) is 2.39. The number of nitrogens with one attached hydrogen (secondary N) is 3. The van der Waals surface area contributed by atoms with Crippen LogP contribution in [-0.2, 0) is 11.3 Å². The van der Waals surface area contributed by atoms with Crippen molar-refractivity contribution in [1.82, 2.24) is 16.0 Å². The monoisotopic (exact) mass is 423 g/mol. The third-order valence-corrected chi connectivity index (χ3v) is 4.59. The fourth-order valence-corrected chi connectivity index (χ4v) is 2.96. The van der Waals surface area contributed by atoms with Gasteiger partial charge in [-0.25, -0.2) is 9.59 Å². The molecular weight excluding hydrogens is 405 g/mol. The number of aryl methyl sites for hydroxylation is 1. The van der Waals surface area contributed by atoms with E-state index in [1.807, 2.05) is 31.2 Å². The molecule has 7 nitrogen and oxygen atoms in total. The summed E-state index contributed by atoms with van der Waals surface area (Å²) in [6.45, 7) is 1.89. The zero-order valence-corrected chi connectivity index (χ0v) is 16.5. The maximum absolute atomic E-state index is 12.3. The summed E-state index contributed by atoms with van der Waals surface area (Å²) in [5.41, 5.74) is 1.94. The standard InChI is InChI=1S/C19H19Cl2N3O4/c1-11-5-2-3-6-12(11)9-22-19(28)23-10-15(18(26)27)24-17(25)16-13(20)7-4-8-14(16)21/h2-8,15H,9-10H2,1H3,(H,24,25)(H,26,27)(H2,22,23,28). The van der Waals surface area contributed by atoms with Crippen molar-refractivity contribution in [3.8, 4) is 0 Å². The summed E-state index contributed by atoms with van der Waals surface area (Å²) in [6, 6.07) is 10.1. The van der Waals surface area contributed by atoms with Crippen molar-refractivity contribution in [2.45, 2.75) is 19.5 Å². The van der Waals surface area contributed by atoms with Crippen molar-refractivity contribution < 1.29 is 19.5 Å². The largest absolute Gasteiger partial charge is 0.480 e. The number of hydrogen-bond donors (Lipinski definition) is 4. The van der Waals surface area contributed by atoms with Gasteiger partial charge in [-0.2, -0.15) is 0 Å². The van der Waals surface area contributed by atoms with E-state index in [4.69, 9.17) is 23.2 Å². The number of benzene rings is 2. The molecule has 1 unspecified atom stereocenters. The maximum Gasteiger partial charge on any atom is 0.328 e. The van der Waals surface area contributed by atoms with E-state index in [1.165, 1.54) is 12.1 Å². The van der Waals surface area contributed by atoms with Crippen LogP contribution in [0.25, 0.3) is 0 Å². The molecule has 1 atom stereocenters. The summed E-state index contributed by atoms with van der Waals surface area (Å²) in [5.74, 6) is -2.05. The molecule has 0 fully saturated rings. The number of carbonyl (C=O) groups is 3.